The van der Waals surface area contributed by atoms with Gasteiger partial charge < -0.3 is 10.6 Å². The molecule has 1 amide bonds. The topological polar surface area (TPSA) is 89.9 Å². The van der Waals surface area contributed by atoms with Crippen LogP contribution in [-0.2, 0) is 0 Å². The molecule has 1 aromatic carbocycles. The van der Waals surface area contributed by atoms with Gasteiger partial charge in [-0.05, 0) is 54.3 Å². The van der Waals surface area contributed by atoms with Crippen LogP contribution < -0.4 is 5.73 Å². The van der Waals surface area contributed by atoms with Gasteiger partial charge in [0.2, 0.25) is 0 Å². The van der Waals surface area contributed by atoms with Crippen LogP contribution in [0.25, 0.3) is 5.69 Å². The summed E-state index contributed by atoms with van der Waals surface area (Å²) in [6, 6.07) is 7.47. The molecule has 116 valence electrons. The number of likely N-dealkylation sites (tertiary alicyclic amines) is 1. The molecule has 22 heavy (non-hydrogen) atoms. The van der Waals surface area contributed by atoms with E-state index in [2.05, 4.69) is 15.5 Å². The van der Waals surface area contributed by atoms with E-state index in [1.54, 1.807) is 0 Å². The fourth-order valence-corrected chi connectivity index (χ4v) is 2.87. The normalized spacial score (nSPS) is 19.9. The Kier molecular flexibility index (Phi) is 4.15. The van der Waals surface area contributed by atoms with Gasteiger partial charge in [0.1, 0.15) is 6.33 Å². The van der Waals surface area contributed by atoms with Crippen LogP contribution in [0.5, 0.6) is 0 Å². The smallest absolute Gasteiger partial charge is 0.253 e. The molecule has 2 atom stereocenters. The molecule has 1 fully saturated rings. The highest BCUT2D eigenvalue weighted by Crippen LogP contribution is 2.21. The molecular weight excluding hydrogens is 280 g/mol. The number of carbonyl (C=O) groups is 1. The summed E-state index contributed by atoms with van der Waals surface area (Å²) in [5.41, 5.74) is 7.42. The fraction of sp³-hybridized carbons (Fsp3) is 0.467. The summed E-state index contributed by atoms with van der Waals surface area (Å²) in [7, 11) is 0. The van der Waals surface area contributed by atoms with Crippen LogP contribution in [0.15, 0.2) is 30.6 Å². The minimum atomic E-state index is 0.0419. The first-order chi connectivity index (χ1) is 10.6. The van der Waals surface area contributed by atoms with Gasteiger partial charge in [-0.25, -0.2) is 4.68 Å². The molecule has 3 rings (SSSR count). The van der Waals surface area contributed by atoms with Gasteiger partial charge in [0.15, 0.2) is 0 Å². The Morgan fingerprint density at radius 2 is 2.32 bits per heavy atom. The van der Waals surface area contributed by atoms with Crippen LogP contribution in [0.4, 0.5) is 0 Å². The van der Waals surface area contributed by atoms with Crippen molar-refractivity contribution in [2.45, 2.75) is 25.8 Å². The number of piperidine rings is 1. The van der Waals surface area contributed by atoms with Crippen molar-refractivity contribution in [1.29, 1.82) is 0 Å². The Labute approximate surface area is 129 Å². The molecule has 1 aromatic heterocycles. The van der Waals surface area contributed by atoms with E-state index in [0.717, 1.165) is 31.6 Å². The first-order valence-electron chi connectivity index (χ1n) is 7.53. The monoisotopic (exact) mass is 300 g/mol. The SMILES string of the molecule is CC(N)C1CCCN(C(=O)c2cccc(-n3cnnn3)c2)C1. The van der Waals surface area contributed by atoms with Gasteiger partial charge in [-0.1, -0.05) is 6.07 Å². The van der Waals surface area contributed by atoms with Crippen molar-refractivity contribution >= 4 is 5.91 Å². The molecule has 0 spiro atoms. The zero-order valence-corrected chi connectivity index (χ0v) is 12.6. The maximum absolute atomic E-state index is 12.7. The van der Waals surface area contributed by atoms with Crippen LogP contribution in [-0.4, -0.2) is 50.1 Å². The second-order valence-corrected chi connectivity index (χ2v) is 5.82. The first-order valence-corrected chi connectivity index (χ1v) is 7.53. The summed E-state index contributed by atoms with van der Waals surface area (Å²) in [5.74, 6) is 0.417. The Balaban J connectivity index is 1.79. The number of carbonyl (C=O) groups excluding carboxylic acids is 1. The summed E-state index contributed by atoms with van der Waals surface area (Å²) in [6.45, 7) is 3.53. The molecule has 1 aliphatic rings. The maximum Gasteiger partial charge on any atom is 0.253 e. The predicted molar refractivity (Wildman–Crippen MR) is 81.4 cm³/mol. The number of tetrazole rings is 1. The number of benzene rings is 1. The average molecular weight is 300 g/mol. The lowest BCUT2D eigenvalue weighted by molar-refractivity contribution is 0.0661. The van der Waals surface area contributed by atoms with Crippen molar-refractivity contribution in [2.24, 2.45) is 11.7 Å². The summed E-state index contributed by atoms with van der Waals surface area (Å²) in [6.07, 6.45) is 3.60. The minimum absolute atomic E-state index is 0.0419. The molecule has 1 saturated heterocycles. The number of hydrogen-bond donors (Lipinski definition) is 1. The van der Waals surface area contributed by atoms with Gasteiger partial charge >= 0.3 is 0 Å². The third-order valence-corrected chi connectivity index (χ3v) is 4.20. The van der Waals surface area contributed by atoms with Gasteiger partial charge in [0.25, 0.3) is 5.91 Å². The lowest BCUT2D eigenvalue weighted by Gasteiger charge is -2.34. The van der Waals surface area contributed by atoms with E-state index < -0.39 is 0 Å². The minimum Gasteiger partial charge on any atom is -0.338 e. The predicted octanol–water partition coefficient (Wildman–Crippen LogP) is 0.862. The lowest BCUT2D eigenvalue weighted by atomic mass is 9.92. The Hall–Kier alpha value is -2.28. The number of hydrogen-bond acceptors (Lipinski definition) is 5. The second kappa shape index (κ2) is 6.23. The standard InChI is InChI=1S/C15H20N6O/c1-11(16)13-5-3-7-20(9-13)15(22)12-4-2-6-14(8-12)21-10-17-18-19-21/h2,4,6,8,10-11,13H,3,5,7,9,16H2,1H3. The molecule has 7 nitrogen and oxygen atoms in total. The van der Waals surface area contributed by atoms with Gasteiger partial charge in [-0.3, -0.25) is 4.79 Å². The van der Waals surface area contributed by atoms with E-state index in [9.17, 15) is 4.79 Å². The number of aromatic nitrogens is 4. The highest BCUT2D eigenvalue weighted by molar-refractivity contribution is 5.94. The van der Waals surface area contributed by atoms with Gasteiger partial charge in [0, 0.05) is 24.7 Å². The second-order valence-electron chi connectivity index (χ2n) is 5.82. The van der Waals surface area contributed by atoms with Crippen LogP contribution in [0.1, 0.15) is 30.1 Å². The summed E-state index contributed by atoms with van der Waals surface area (Å²) in [5, 5.41) is 11.1. The van der Waals surface area contributed by atoms with E-state index >= 15 is 0 Å². The Morgan fingerprint density at radius 1 is 1.45 bits per heavy atom. The largest absolute Gasteiger partial charge is 0.338 e. The summed E-state index contributed by atoms with van der Waals surface area (Å²) in [4.78, 5) is 14.6. The first kappa shape index (κ1) is 14.6. The van der Waals surface area contributed by atoms with E-state index in [0.29, 0.717) is 11.5 Å². The zero-order chi connectivity index (χ0) is 15.5. The Bertz CT molecular complexity index is 639. The van der Waals surface area contributed by atoms with E-state index in [4.69, 9.17) is 5.73 Å². The van der Waals surface area contributed by atoms with E-state index in [1.807, 2.05) is 36.1 Å². The molecule has 7 heteroatoms. The maximum atomic E-state index is 12.7. The fourth-order valence-electron chi connectivity index (χ4n) is 2.87. The van der Waals surface area contributed by atoms with E-state index in [1.165, 1.54) is 11.0 Å². The van der Waals surface area contributed by atoms with Gasteiger partial charge in [-0.15, -0.1) is 5.10 Å². The summed E-state index contributed by atoms with van der Waals surface area (Å²) >= 11 is 0. The molecule has 1 aliphatic heterocycles. The highest BCUT2D eigenvalue weighted by atomic mass is 16.2. The van der Waals surface area contributed by atoms with Crippen molar-refractivity contribution in [1.82, 2.24) is 25.1 Å². The number of nitrogens with zero attached hydrogens (tertiary/aromatic N) is 5. The zero-order valence-electron chi connectivity index (χ0n) is 12.6. The van der Waals surface area contributed by atoms with Gasteiger partial charge in [-0.2, -0.15) is 0 Å². The van der Waals surface area contributed by atoms with Crippen molar-refractivity contribution in [3.63, 3.8) is 0 Å². The molecule has 0 aliphatic carbocycles. The molecule has 0 radical (unpaired) electrons. The molecule has 2 aromatic rings. The lowest BCUT2D eigenvalue weighted by Crippen LogP contribution is -2.45. The third kappa shape index (κ3) is 2.99. The summed E-state index contributed by atoms with van der Waals surface area (Å²) < 4.78 is 1.54. The van der Waals surface area contributed by atoms with Gasteiger partial charge in [0.05, 0.1) is 5.69 Å². The number of rotatable bonds is 3. The molecule has 2 heterocycles. The quantitative estimate of drug-likeness (QED) is 0.908. The number of amides is 1. The average Bonchev–Trinajstić information content (AvgIpc) is 3.09. The van der Waals surface area contributed by atoms with Crippen LogP contribution >= 0.6 is 0 Å². The van der Waals surface area contributed by atoms with Crippen molar-refractivity contribution < 1.29 is 4.79 Å². The molecule has 0 saturated carbocycles. The van der Waals surface area contributed by atoms with Crippen LogP contribution in [0.3, 0.4) is 0 Å². The van der Waals surface area contributed by atoms with E-state index in [-0.39, 0.29) is 11.9 Å². The third-order valence-electron chi connectivity index (χ3n) is 4.20. The van der Waals surface area contributed by atoms with Crippen LogP contribution in [0.2, 0.25) is 0 Å². The van der Waals surface area contributed by atoms with Crippen molar-refractivity contribution in [3.05, 3.63) is 36.2 Å². The molecule has 0 bridgehead atoms. The van der Waals surface area contributed by atoms with Crippen LogP contribution in [0, 0.1) is 5.92 Å². The molecule has 2 N–H and O–H groups in total. The van der Waals surface area contributed by atoms with Crippen molar-refractivity contribution in [2.75, 3.05) is 13.1 Å². The van der Waals surface area contributed by atoms with Crippen molar-refractivity contribution in [3.8, 4) is 5.69 Å². The highest BCUT2D eigenvalue weighted by Gasteiger charge is 2.26. The Morgan fingerprint density at radius 3 is 3.05 bits per heavy atom. The molecular formula is C15H20N6O. The number of nitrogens with two attached hydrogens (primary N) is 1. The molecule has 2 unspecified atom stereocenters.